The third-order valence-corrected chi connectivity index (χ3v) is 4.39. The van der Waals surface area contributed by atoms with E-state index in [2.05, 4.69) is 24.1 Å². The summed E-state index contributed by atoms with van der Waals surface area (Å²) in [5.74, 6) is -0.428. The molecular weight excluding hydrogens is 294 g/mol. The third kappa shape index (κ3) is 3.47. The molecule has 0 amide bonds. The fourth-order valence-electron chi connectivity index (χ4n) is 3.18. The van der Waals surface area contributed by atoms with Crippen LogP contribution >= 0.6 is 0 Å². The molecule has 0 saturated carbocycles. The topological polar surface area (TPSA) is 65.4 Å². The number of nitrogens with zero attached hydrogens (tertiary/aromatic N) is 3. The molecule has 2 unspecified atom stereocenters. The number of hydrogen-bond acceptors (Lipinski definition) is 5. The average molecular weight is 317 g/mol. The number of ether oxygens (including phenoxy) is 1. The lowest BCUT2D eigenvalue weighted by molar-refractivity contribution is -0.773. The molecule has 0 radical (unpaired) electrons. The van der Waals surface area contributed by atoms with Gasteiger partial charge in [-0.15, -0.1) is 5.01 Å². The van der Waals surface area contributed by atoms with Crippen LogP contribution in [-0.2, 0) is 18.0 Å². The second kappa shape index (κ2) is 7.00. The van der Waals surface area contributed by atoms with Crippen molar-refractivity contribution in [1.82, 2.24) is 5.27 Å². The van der Waals surface area contributed by atoms with E-state index in [0.717, 1.165) is 18.4 Å². The van der Waals surface area contributed by atoms with Crippen molar-refractivity contribution < 1.29 is 19.2 Å². The molecule has 1 saturated heterocycles. The van der Waals surface area contributed by atoms with Crippen molar-refractivity contribution in [2.75, 3.05) is 5.01 Å². The van der Waals surface area contributed by atoms with Gasteiger partial charge in [0.2, 0.25) is 0 Å². The Kier molecular flexibility index (Phi) is 4.81. The first-order chi connectivity index (χ1) is 11.2. The van der Waals surface area contributed by atoms with Crippen LogP contribution in [0, 0.1) is 0 Å². The monoisotopic (exact) mass is 317 g/mol. The molecule has 3 rings (SSSR count). The number of hydrogen-bond donors (Lipinski definition) is 0. The molecule has 2 heterocycles. The van der Waals surface area contributed by atoms with Crippen molar-refractivity contribution in [3.05, 3.63) is 41.6 Å². The normalized spacial score (nSPS) is 21.6. The predicted octanol–water partition coefficient (Wildman–Crippen LogP) is 1.65. The molecule has 0 aliphatic carbocycles. The maximum absolute atomic E-state index is 12.0. The Morgan fingerprint density at radius 2 is 1.91 bits per heavy atom. The highest BCUT2D eigenvalue weighted by atomic mass is 16.6. The SMILES string of the molecule is CC1CCCC(C)N1[n+]1noc([O-])c1COCc1ccccc1. The highest BCUT2D eigenvalue weighted by Crippen LogP contribution is 2.20. The molecule has 0 N–H and O–H groups in total. The maximum Gasteiger partial charge on any atom is 0.292 e. The van der Waals surface area contributed by atoms with Crippen LogP contribution < -0.4 is 14.9 Å². The van der Waals surface area contributed by atoms with E-state index in [1.54, 1.807) is 4.79 Å². The minimum atomic E-state index is -0.428. The zero-order chi connectivity index (χ0) is 16.2. The van der Waals surface area contributed by atoms with E-state index in [9.17, 15) is 5.11 Å². The van der Waals surface area contributed by atoms with Gasteiger partial charge in [-0.1, -0.05) is 30.3 Å². The van der Waals surface area contributed by atoms with Crippen molar-refractivity contribution in [2.24, 2.45) is 0 Å². The summed E-state index contributed by atoms with van der Waals surface area (Å²) in [6, 6.07) is 10.5. The third-order valence-electron chi connectivity index (χ3n) is 4.39. The molecule has 1 aromatic carbocycles. The van der Waals surface area contributed by atoms with Crippen molar-refractivity contribution in [3.8, 4) is 5.95 Å². The van der Waals surface area contributed by atoms with E-state index in [4.69, 9.17) is 9.26 Å². The van der Waals surface area contributed by atoms with Crippen LogP contribution in [0.25, 0.3) is 0 Å². The summed E-state index contributed by atoms with van der Waals surface area (Å²) in [7, 11) is 0. The summed E-state index contributed by atoms with van der Waals surface area (Å²) in [4.78, 5) is 1.61. The Labute approximate surface area is 136 Å². The molecule has 6 nitrogen and oxygen atoms in total. The molecule has 1 aliphatic heterocycles. The van der Waals surface area contributed by atoms with Crippen molar-refractivity contribution in [1.29, 1.82) is 0 Å². The minimum absolute atomic E-state index is 0.188. The second-order valence-corrected chi connectivity index (χ2v) is 6.18. The Morgan fingerprint density at radius 1 is 1.22 bits per heavy atom. The van der Waals surface area contributed by atoms with Gasteiger partial charge < -0.3 is 14.4 Å². The van der Waals surface area contributed by atoms with Crippen LogP contribution in [0.3, 0.4) is 0 Å². The molecular formula is C17H23N3O3. The van der Waals surface area contributed by atoms with E-state index in [0.29, 0.717) is 24.4 Å². The summed E-state index contributed by atoms with van der Waals surface area (Å²) in [5.41, 5.74) is 1.52. The molecule has 124 valence electrons. The fraction of sp³-hybridized carbons (Fsp3) is 0.529. The number of rotatable bonds is 5. The number of benzene rings is 1. The molecule has 1 aromatic heterocycles. The fourth-order valence-corrected chi connectivity index (χ4v) is 3.18. The van der Waals surface area contributed by atoms with Gasteiger partial charge in [0, 0.05) is 4.79 Å². The quantitative estimate of drug-likeness (QED) is 0.785. The summed E-state index contributed by atoms with van der Waals surface area (Å²) in [6.07, 6.45) is 3.37. The van der Waals surface area contributed by atoms with Gasteiger partial charge in [-0.3, -0.25) is 0 Å². The Bertz CT molecular complexity index is 619. The summed E-state index contributed by atoms with van der Waals surface area (Å²) in [6.45, 7) is 4.94. The summed E-state index contributed by atoms with van der Waals surface area (Å²) in [5, 5.41) is 18.0. The highest BCUT2D eigenvalue weighted by molar-refractivity contribution is 5.13. The largest absolute Gasteiger partial charge is 0.539 e. The number of piperidine rings is 1. The number of aromatic nitrogens is 2. The standard InChI is InChI=1S/C17H23N3O3/c1-13-7-6-8-14(2)19(13)20-16(17(21)23-18-20)12-22-11-15-9-4-3-5-10-15/h3-5,9-10,13-14H,6-8,11-12H2,1-2H3. The van der Waals surface area contributed by atoms with Crippen LogP contribution in [0.4, 0.5) is 0 Å². The van der Waals surface area contributed by atoms with Gasteiger partial charge >= 0.3 is 0 Å². The molecule has 1 aliphatic rings. The average Bonchev–Trinajstić information content (AvgIpc) is 2.90. The van der Waals surface area contributed by atoms with Crippen LogP contribution in [0.1, 0.15) is 44.4 Å². The van der Waals surface area contributed by atoms with Gasteiger partial charge in [0.05, 0.1) is 18.7 Å². The van der Waals surface area contributed by atoms with Gasteiger partial charge in [0.25, 0.3) is 5.69 Å². The van der Waals surface area contributed by atoms with Crippen LogP contribution in [0.5, 0.6) is 5.95 Å². The predicted molar refractivity (Wildman–Crippen MR) is 82.1 cm³/mol. The van der Waals surface area contributed by atoms with E-state index in [-0.39, 0.29) is 6.61 Å². The minimum Gasteiger partial charge on any atom is -0.539 e. The van der Waals surface area contributed by atoms with Crippen molar-refractivity contribution in [2.45, 2.75) is 58.4 Å². The molecule has 23 heavy (non-hydrogen) atoms. The second-order valence-electron chi connectivity index (χ2n) is 6.18. The van der Waals surface area contributed by atoms with E-state index >= 15 is 0 Å². The van der Waals surface area contributed by atoms with Gasteiger partial charge in [0.15, 0.2) is 5.95 Å². The molecule has 2 atom stereocenters. The van der Waals surface area contributed by atoms with Gasteiger partial charge in [-0.05, 0) is 38.7 Å². The zero-order valence-electron chi connectivity index (χ0n) is 13.6. The highest BCUT2D eigenvalue weighted by Gasteiger charge is 2.35. The first-order valence-corrected chi connectivity index (χ1v) is 8.15. The molecule has 1 fully saturated rings. The lowest BCUT2D eigenvalue weighted by atomic mass is 10.00. The Balaban J connectivity index is 1.71. The van der Waals surface area contributed by atoms with E-state index in [1.165, 1.54) is 6.42 Å². The van der Waals surface area contributed by atoms with Gasteiger partial charge in [0.1, 0.15) is 11.9 Å². The van der Waals surface area contributed by atoms with Crippen LogP contribution in [0.2, 0.25) is 0 Å². The molecule has 6 heteroatoms. The smallest absolute Gasteiger partial charge is 0.292 e. The van der Waals surface area contributed by atoms with Gasteiger partial charge in [-0.2, -0.15) is 0 Å². The Morgan fingerprint density at radius 3 is 2.61 bits per heavy atom. The summed E-state index contributed by atoms with van der Waals surface area (Å²) < 4.78 is 10.6. The lowest BCUT2D eigenvalue weighted by Gasteiger charge is -2.32. The lowest BCUT2D eigenvalue weighted by Crippen LogP contribution is -2.69. The zero-order valence-corrected chi connectivity index (χ0v) is 13.6. The van der Waals surface area contributed by atoms with Gasteiger partial charge in [-0.25, -0.2) is 0 Å². The van der Waals surface area contributed by atoms with Crippen LogP contribution in [0.15, 0.2) is 34.9 Å². The Hall–Kier alpha value is -2.08. The summed E-state index contributed by atoms with van der Waals surface area (Å²) >= 11 is 0. The van der Waals surface area contributed by atoms with Crippen LogP contribution in [-0.4, -0.2) is 17.4 Å². The first-order valence-electron chi connectivity index (χ1n) is 8.15. The van der Waals surface area contributed by atoms with Crippen molar-refractivity contribution >= 4 is 0 Å². The maximum atomic E-state index is 12.0. The van der Waals surface area contributed by atoms with E-state index in [1.807, 2.05) is 30.3 Å². The first kappa shape index (κ1) is 15.8. The van der Waals surface area contributed by atoms with E-state index < -0.39 is 5.95 Å². The van der Waals surface area contributed by atoms with Crippen molar-refractivity contribution in [3.63, 3.8) is 0 Å². The molecule has 0 bridgehead atoms. The molecule has 0 spiro atoms. The molecule has 2 aromatic rings.